The quantitative estimate of drug-likeness (QED) is 0.662. The Balaban J connectivity index is 1.40. The van der Waals surface area contributed by atoms with Gasteiger partial charge in [0.05, 0.1) is 31.4 Å². The molecule has 8 nitrogen and oxygen atoms in total. The normalized spacial score (nSPS) is 23.0. The SMILES string of the molecule is COc1c(F)cccc1[C@@H](N)NCC(=O)N1CC2C[C@H](C)C(C1)N2c1ccc(C#N)cn1. The Hall–Kier alpha value is -3.22. The Kier molecular flexibility index (Phi) is 6.26. The van der Waals surface area contributed by atoms with Gasteiger partial charge in [0, 0.05) is 30.9 Å². The number of carbonyl (C=O) groups excluding carboxylic acids is 1. The standard InChI is InChI=1S/C23H27FN6O2/c1-14-8-16-12-29(13-19(14)30(16)20-7-6-15(9-25)10-27-20)21(31)11-28-23(26)17-4-3-5-18(24)22(17)32-2/h3-7,10,14,16,19,23,28H,8,11-13,26H2,1-2H3/t14-,16?,19?,23-/m0/s1. The predicted molar refractivity (Wildman–Crippen MR) is 117 cm³/mol. The van der Waals surface area contributed by atoms with Crippen molar-refractivity contribution in [1.29, 1.82) is 5.26 Å². The van der Waals surface area contributed by atoms with E-state index in [1.54, 1.807) is 24.4 Å². The first-order valence-corrected chi connectivity index (χ1v) is 10.7. The number of aromatic nitrogens is 1. The second kappa shape index (κ2) is 9.10. The molecule has 3 heterocycles. The molecule has 9 heteroatoms. The molecule has 2 bridgehead atoms. The van der Waals surface area contributed by atoms with Crippen molar-refractivity contribution >= 4 is 11.7 Å². The molecule has 2 aliphatic heterocycles. The van der Waals surface area contributed by atoms with Crippen LogP contribution in [0.5, 0.6) is 5.75 Å². The van der Waals surface area contributed by atoms with Gasteiger partial charge in [-0.05, 0) is 30.5 Å². The highest BCUT2D eigenvalue weighted by Gasteiger charge is 2.45. The maximum absolute atomic E-state index is 13.9. The van der Waals surface area contributed by atoms with Crippen LogP contribution in [0, 0.1) is 23.1 Å². The smallest absolute Gasteiger partial charge is 0.236 e. The number of rotatable bonds is 6. The molecule has 0 spiro atoms. The monoisotopic (exact) mass is 438 g/mol. The van der Waals surface area contributed by atoms with Gasteiger partial charge in [-0.1, -0.05) is 19.1 Å². The molecule has 2 unspecified atom stereocenters. The molecule has 1 aromatic heterocycles. The minimum Gasteiger partial charge on any atom is -0.493 e. The molecule has 2 aliphatic rings. The molecular weight excluding hydrogens is 411 g/mol. The molecule has 2 saturated heterocycles. The van der Waals surface area contributed by atoms with Crippen LogP contribution in [0.3, 0.4) is 0 Å². The summed E-state index contributed by atoms with van der Waals surface area (Å²) >= 11 is 0. The lowest BCUT2D eigenvalue weighted by atomic mass is 10.0. The zero-order valence-electron chi connectivity index (χ0n) is 18.2. The van der Waals surface area contributed by atoms with Gasteiger partial charge in [0.2, 0.25) is 5.91 Å². The van der Waals surface area contributed by atoms with Crippen LogP contribution < -0.4 is 20.7 Å². The number of anilines is 1. The fraction of sp³-hybridized carbons (Fsp3) is 0.435. The van der Waals surface area contributed by atoms with Crippen molar-refractivity contribution in [2.45, 2.75) is 31.6 Å². The van der Waals surface area contributed by atoms with Gasteiger partial charge >= 0.3 is 0 Å². The van der Waals surface area contributed by atoms with E-state index < -0.39 is 12.0 Å². The van der Waals surface area contributed by atoms with Crippen molar-refractivity contribution in [2.24, 2.45) is 11.7 Å². The van der Waals surface area contributed by atoms with Crippen molar-refractivity contribution in [3.8, 4) is 11.8 Å². The number of halogens is 1. The van der Waals surface area contributed by atoms with Crippen LogP contribution in [-0.2, 0) is 4.79 Å². The zero-order chi connectivity index (χ0) is 22.8. The number of piperazine rings is 1. The van der Waals surface area contributed by atoms with E-state index in [9.17, 15) is 9.18 Å². The first kappa shape index (κ1) is 22.0. The molecule has 0 radical (unpaired) electrons. The molecule has 2 aromatic rings. The number of carbonyl (C=O) groups is 1. The number of nitrogens with zero attached hydrogens (tertiary/aromatic N) is 4. The second-order valence-electron chi connectivity index (χ2n) is 8.38. The largest absolute Gasteiger partial charge is 0.493 e. The summed E-state index contributed by atoms with van der Waals surface area (Å²) in [6.07, 6.45) is 1.83. The molecule has 1 amide bonds. The first-order chi connectivity index (χ1) is 15.4. The lowest BCUT2D eigenvalue weighted by Gasteiger charge is -2.42. The number of para-hydroxylation sites is 1. The molecule has 4 rings (SSSR count). The Morgan fingerprint density at radius 2 is 2.22 bits per heavy atom. The molecule has 32 heavy (non-hydrogen) atoms. The van der Waals surface area contributed by atoms with Gasteiger partial charge in [0.1, 0.15) is 11.9 Å². The third-order valence-corrected chi connectivity index (χ3v) is 6.39. The van der Waals surface area contributed by atoms with Crippen LogP contribution >= 0.6 is 0 Å². The van der Waals surface area contributed by atoms with Crippen LogP contribution in [0.4, 0.5) is 10.2 Å². The Morgan fingerprint density at radius 1 is 1.41 bits per heavy atom. The highest BCUT2D eigenvalue weighted by atomic mass is 19.1. The third-order valence-electron chi connectivity index (χ3n) is 6.39. The highest BCUT2D eigenvalue weighted by Crippen LogP contribution is 2.37. The first-order valence-electron chi connectivity index (χ1n) is 10.7. The second-order valence-corrected chi connectivity index (χ2v) is 8.38. The number of fused-ring (bicyclic) bond motifs is 2. The van der Waals surface area contributed by atoms with Crippen molar-refractivity contribution in [2.75, 3.05) is 31.6 Å². The molecule has 0 saturated carbocycles. The Labute approximate surface area is 186 Å². The van der Waals surface area contributed by atoms with Crippen LogP contribution in [0.25, 0.3) is 0 Å². The van der Waals surface area contributed by atoms with E-state index in [4.69, 9.17) is 15.7 Å². The summed E-state index contributed by atoms with van der Waals surface area (Å²) in [4.78, 5) is 21.6. The number of pyridine rings is 1. The third kappa shape index (κ3) is 4.11. The summed E-state index contributed by atoms with van der Waals surface area (Å²) in [5.74, 6) is 0.796. The molecule has 168 valence electrons. The predicted octanol–water partition coefficient (Wildman–Crippen LogP) is 1.77. The van der Waals surface area contributed by atoms with E-state index in [-0.39, 0.29) is 30.3 Å². The molecular formula is C23H27FN6O2. The van der Waals surface area contributed by atoms with E-state index in [2.05, 4.69) is 28.2 Å². The lowest BCUT2D eigenvalue weighted by molar-refractivity contribution is -0.131. The fourth-order valence-corrected chi connectivity index (χ4v) is 4.80. The van der Waals surface area contributed by atoms with Gasteiger partial charge in [-0.15, -0.1) is 0 Å². The number of amides is 1. The summed E-state index contributed by atoms with van der Waals surface area (Å²) in [7, 11) is 1.39. The minimum atomic E-state index is -0.732. The average molecular weight is 439 g/mol. The summed E-state index contributed by atoms with van der Waals surface area (Å²) in [6, 6.07) is 10.6. The lowest BCUT2D eigenvalue weighted by Crippen LogP contribution is -2.57. The molecule has 3 N–H and O–H groups in total. The van der Waals surface area contributed by atoms with Crippen molar-refractivity contribution in [1.82, 2.24) is 15.2 Å². The molecule has 0 aliphatic carbocycles. The number of nitrogens with two attached hydrogens (primary N) is 1. The highest BCUT2D eigenvalue weighted by molar-refractivity contribution is 5.79. The summed E-state index contributed by atoms with van der Waals surface area (Å²) in [6.45, 7) is 3.43. The van der Waals surface area contributed by atoms with Crippen LogP contribution in [0.15, 0.2) is 36.5 Å². The molecule has 2 fully saturated rings. The number of nitrogens with one attached hydrogen (secondary N) is 1. The Bertz CT molecular complexity index is 1020. The fourth-order valence-electron chi connectivity index (χ4n) is 4.80. The Morgan fingerprint density at radius 3 is 2.88 bits per heavy atom. The maximum atomic E-state index is 13.9. The number of hydrogen-bond donors (Lipinski definition) is 2. The van der Waals surface area contributed by atoms with Gasteiger partial charge in [-0.2, -0.15) is 5.26 Å². The van der Waals surface area contributed by atoms with Gasteiger partial charge in [-0.3, -0.25) is 10.1 Å². The van der Waals surface area contributed by atoms with Gasteiger partial charge in [-0.25, -0.2) is 9.37 Å². The van der Waals surface area contributed by atoms with E-state index in [0.717, 1.165) is 12.2 Å². The van der Waals surface area contributed by atoms with Crippen molar-refractivity contribution in [3.63, 3.8) is 0 Å². The van der Waals surface area contributed by atoms with E-state index in [1.807, 2.05) is 11.0 Å². The molecule has 4 atom stereocenters. The van der Waals surface area contributed by atoms with Crippen LogP contribution in [0.1, 0.15) is 30.6 Å². The molecule has 1 aromatic carbocycles. The van der Waals surface area contributed by atoms with Crippen LogP contribution in [0.2, 0.25) is 0 Å². The van der Waals surface area contributed by atoms with Gasteiger partial charge in [0.25, 0.3) is 0 Å². The number of nitriles is 1. The number of hydrogen-bond acceptors (Lipinski definition) is 7. The summed E-state index contributed by atoms with van der Waals surface area (Å²) in [5, 5.41) is 12.0. The van der Waals surface area contributed by atoms with E-state index in [1.165, 1.54) is 13.2 Å². The number of likely N-dealkylation sites (tertiary alicyclic amines) is 1. The van der Waals surface area contributed by atoms with Crippen molar-refractivity contribution < 1.29 is 13.9 Å². The number of benzene rings is 1. The van der Waals surface area contributed by atoms with Gasteiger partial charge < -0.3 is 20.3 Å². The average Bonchev–Trinajstić information content (AvgIpc) is 3.00. The van der Waals surface area contributed by atoms with E-state index in [0.29, 0.717) is 30.1 Å². The van der Waals surface area contributed by atoms with Gasteiger partial charge in [0.15, 0.2) is 11.6 Å². The minimum absolute atomic E-state index is 0.0454. The maximum Gasteiger partial charge on any atom is 0.236 e. The zero-order valence-corrected chi connectivity index (χ0v) is 18.2. The van der Waals surface area contributed by atoms with Crippen LogP contribution in [-0.4, -0.2) is 54.6 Å². The van der Waals surface area contributed by atoms with E-state index >= 15 is 0 Å². The summed E-state index contributed by atoms with van der Waals surface area (Å²) < 4.78 is 19.1. The number of methoxy groups -OCH3 is 1. The number of ether oxygens (including phenoxy) is 1. The topological polar surface area (TPSA) is 108 Å². The van der Waals surface area contributed by atoms with Crippen molar-refractivity contribution in [3.05, 3.63) is 53.5 Å². The summed E-state index contributed by atoms with van der Waals surface area (Å²) in [5.41, 5.74) is 7.15.